The predicted octanol–water partition coefficient (Wildman–Crippen LogP) is 6.93. The Morgan fingerprint density at radius 1 is 0.719 bits per heavy atom. The monoisotopic (exact) mass is 418 g/mol. The summed E-state index contributed by atoms with van der Waals surface area (Å²) in [6.45, 7) is 8.51. The van der Waals surface area contributed by atoms with Crippen molar-refractivity contribution in [2.24, 2.45) is 0 Å². The van der Waals surface area contributed by atoms with Gasteiger partial charge in [0.2, 0.25) is 0 Å². The molecular weight excluding hydrogens is 392 g/mol. The average Bonchev–Trinajstić information content (AvgIpc) is 3.23. The van der Waals surface area contributed by atoms with Crippen molar-refractivity contribution in [1.29, 1.82) is 0 Å². The minimum Gasteiger partial charge on any atom is -0.318 e. The molecular formula is C29H26N2O. The molecule has 0 radical (unpaired) electrons. The van der Waals surface area contributed by atoms with Gasteiger partial charge in [0.05, 0.1) is 11.3 Å². The number of rotatable bonds is 3. The van der Waals surface area contributed by atoms with E-state index in [2.05, 4.69) is 56.5 Å². The molecule has 158 valence electrons. The Morgan fingerprint density at radius 2 is 1.44 bits per heavy atom. The van der Waals surface area contributed by atoms with Gasteiger partial charge in [-0.05, 0) is 86.9 Å². The molecule has 0 saturated carbocycles. The summed E-state index contributed by atoms with van der Waals surface area (Å²) in [5, 5.41) is 0. The number of aromatic nitrogens is 1. The summed E-state index contributed by atoms with van der Waals surface area (Å²) in [5.74, 6) is 0.00776. The third-order valence-electron chi connectivity index (χ3n) is 6.40. The molecule has 32 heavy (non-hydrogen) atoms. The number of para-hydroxylation sites is 2. The molecule has 0 atom stereocenters. The topological polar surface area (TPSA) is 25.2 Å². The lowest BCUT2D eigenvalue weighted by molar-refractivity contribution is -0.112. The highest BCUT2D eigenvalue weighted by Gasteiger charge is 2.33. The molecule has 0 unspecified atom stereocenters. The van der Waals surface area contributed by atoms with E-state index in [4.69, 9.17) is 0 Å². The number of aryl methyl sites for hydroxylation is 3. The number of hydrogen-bond acceptors (Lipinski definition) is 1. The Morgan fingerprint density at radius 3 is 2.19 bits per heavy atom. The third-order valence-corrected chi connectivity index (χ3v) is 6.40. The third kappa shape index (κ3) is 3.18. The van der Waals surface area contributed by atoms with Gasteiger partial charge in [-0.25, -0.2) is 0 Å². The lowest BCUT2D eigenvalue weighted by atomic mass is 10.0. The molecule has 0 fully saturated rings. The highest BCUT2D eigenvalue weighted by Crippen LogP contribution is 2.42. The lowest BCUT2D eigenvalue weighted by Gasteiger charge is -2.16. The summed E-state index contributed by atoms with van der Waals surface area (Å²) in [5.41, 5.74) is 10.6. The highest BCUT2D eigenvalue weighted by molar-refractivity contribution is 6.38. The Balaban J connectivity index is 1.63. The SMILES string of the molecule is Cc1ccc(-n2c(C)cc(/C=C3/C(=O)N(c4ccccc4)c4ccccc43)c2C)cc1C. The molecule has 0 aliphatic carbocycles. The first-order valence-corrected chi connectivity index (χ1v) is 10.9. The van der Waals surface area contributed by atoms with Crippen LogP contribution in [0.4, 0.5) is 11.4 Å². The first-order chi connectivity index (χ1) is 15.5. The number of carbonyl (C=O) groups is 1. The standard InChI is InChI=1S/C29H26N2O/c1-19-14-15-25(16-20(19)2)30-21(3)17-23(22(30)4)18-27-26-12-8-9-13-28(26)31(29(27)32)24-10-6-5-7-11-24/h5-18H,1-4H3/b27-18+. The Labute approximate surface area is 189 Å². The molecule has 1 aliphatic heterocycles. The van der Waals surface area contributed by atoms with Crippen LogP contribution in [0.25, 0.3) is 17.3 Å². The van der Waals surface area contributed by atoms with Gasteiger partial charge in [0.25, 0.3) is 5.91 Å². The van der Waals surface area contributed by atoms with E-state index in [0.29, 0.717) is 0 Å². The van der Waals surface area contributed by atoms with Gasteiger partial charge in [-0.15, -0.1) is 0 Å². The van der Waals surface area contributed by atoms with Gasteiger partial charge in [-0.3, -0.25) is 9.69 Å². The number of amides is 1. The van der Waals surface area contributed by atoms with E-state index in [1.807, 2.05) is 65.6 Å². The van der Waals surface area contributed by atoms with Crippen LogP contribution >= 0.6 is 0 Å². The zero-order chi connectivity index (χ0) is 22.4. The number of fused-ring (bicyclic) bond motifs is 1. The van der Waals surface area contributed by atoms with Crippen LogP contribution in [-0.4, -0.2) is 10.5 Å². The van der Waals surface area contributed by atoms with Crippen LogP contribution in [0.1, 0.15) is 33.6 Å². The van der Waals surface area contributed by atoms with E-state index in [0.717, 1.165) is 45.2 Å². The maximum atomic E-state index is 13.6. The lowest BCUT2D eigenvalue weighted by Crippen LogP contribution is -2.20. The summed E-state index contributed by atoms with van der Waals surface area (Å²) < 4.78 is 2.26. The van der Waals surface area contributed by atoms with Crippen LogP contribution in [-0.2, 0) is 4.79 Å². The number of carbonyl (C=O) groups excluding carboxylic acids is 1. The van der Waals surface area contributed by atoms with E-state index in [9.17, 15) is 4.79 Å². The van der Waals surface area contributed by atoms with Crippen LogP contribution in [0.2, 0.25) is 0 Å². The van der Waals surface area contributed by atoms with E-state index in [-0.39, 0.29) is 5.91 Å². The van der Waals surface area contributed by atoms with Gasteiger partial charge >= 0.3 is 0 Å². The maximum absolute atomic E-state index is 13.6. The number of benzene rings is 3. The second kappa shape index (κ2) is 7.69. The molecule has 0 spiro atoms. The molecule has 0 N–H and O–H groups in total. The number of nitrogens with zero attached hydrogens (tertiary/aromatic N) is 2. The van der Waals surface area contributed by atoms with Crippen molar-refractivity contribution in [2.45, 2.75) is 27.7 Å². The molecule has 0 bridgehead atoms. The minimum atomic E-state index is 0.00776. The molecule has 2 heterocycles. The molecule has 5 rings (SSSR count). The van der Waals surface area contributed by atoms with E-state index >= 15 is 0 Å². The average molecular weight is 419 g/mol. The van der Waals surface area contributed by atoms with Gasteiger partial charge < -0.3 is 4.57 Å². The second-order valence-corrected chi connectivity index (χ2v) is 8.48. The zero-order valence-electron chi connectivity index (χ0n) is 18.9. The maximum Gasteiger partial charge on any atom is 0.263 e. The van der Waals surface area contributed by atoms with Crippen molar-refractivity contribution in [3.05, 3.63) is 113 Å². The van der Waals surface area contributed by atoms with Crippen molar-refractivity contribution >= 4 is 28.9 Å². The predicted molar refractivity (Wildman–Crippen MR) is 133 cm³/mol. The normalized spacial score (nSPS) is 14.3. The zero-order valence-corrected chi connectivity index (χ0v) is 18.9. The van der Waals surface area contributed by atoms with E-state index in [1.165, 1.54) is 11.1 Å². The smallest absolute Gasteiger partial charge is 0.263 e. The molecule has 0 saturated heterocycles. The molecule has 3 aromatic carbocycles. The van der Waals surface area contributed by atoms with Crippen molar-refractivity contribution in [3.8, 4) is 5.69 Å². The van der Waals surface area contributed by atoms with Crippen LogP contribution in [0, 0.1) is 27.7 Å². The minimum absolute atomic E-state index is 0.00776. The summed E-state index contributed by atoms with van der Waals surface area (Å²) in [6, 6.07) is 26.6. The van der Waals surface area contributed by atoms with Gasteiger partial charge in [0.15, 0.2) is 0 Å². The van der Waals surface area contributed by atoms with Crippen molar-refractivity contribution in [2.75, 3.05) is 4.90 Å². The first-order valence-electron chi connectivity index (χ1n) is 10.9. The molecule has 4 aromatic rings. The number of anilines is 2. The van der Waals surface area contributed by atoms with Crippen LogP contribution in [0.5, 0.6) is 0 Å². The van der Waals surface area contributed by atoms with Gasteiger partial charge in [-0.1, -0.05) is 42.5 Å². The number of hydrogen-bond donors (Lipinski definition) is 0. The summed E-state index contributed by atoms with van der Waals surface area (Å²) in [7, 11) is 0. The van der Waals surface area contributed by atoms with Crippen molar-refractivity contribution in [3.63, 3.8) is 0 Å². The Kier molecular flexibility index (Phi) is 4.82. The fourth-order valence-electron chi connectivity index (χ4n) is 4.57. The fourth-order valence-corrected chi connectivity index (χ4v) is 4.57. The molecule has 1 aromatic heterocycles. The summed E-state index contributed by atoms with van der Waals surface area (Å²) in [6.07, 6.45) is 2.05. The van der Waals surface area contributed by atoms with Crippen LogP contribution in [0.3, 0.4) is 0 Å². The van der Waals surface area contributed by atoms with Gasteiger partial charge in [0.1, 0.15) is 0 Å². The van der Waals surface area contributed by atoms with E-state index < -0.39 is 0 Å². The largest absolute Gasteiger partial charge is 0.318 e. The molecule has 3 nitrogen and oxygen atoms in total. The Bertz CT molecular complexity index is 1380. The quantitative estimate of drug-likeness (QED) is 0.331. The van der Waals surface area contributed by atoms with E-state index in [1.54, 1.807) is 0 Å². The first kappa shape index (κ1) is 20.1. The summed E-state index contributed by atoms with van der Waals surface area (Å²) >= 11 is 0. The van der Waals surface area contributed by atoms with Gasteiger partial charge in [-0.2, -0.15) is 0 Å². The molecule has 3 heteroatoms. The second-order valence-electron chi connectivity index (χ2n) is 8.48. The van der Waals surface area contributed by atoms with Crippen molar-refractivity contribution in [1.82, 2.24) is 4.57 Å². The van der Waals surface area contributed by atoms with Gasteiger partial charge in [0, 0.05) is 28.3 Å². The Hall–Kier alpha value is -3.85. The fraction of sp³-hybridized carbons (Fsp3) is 0.138. The molecule has 1 amide bonds. The molecule has 1 aliphatic rings. The van der Waals surface area contributed by atoms with Crippen LogP contribution in [0.15, 0.2) is 78.9 Å². The highest BCUT2D eigenvalue weighted by atomic mass is 16.2. The summed E-state index contributed by atoms with van der Waals surface area (Å²) in [4.78, 5) is 15.4. The van der Waals surface area contributed by atoms with Crippen molar-refractivity contribution < 1.29 is 4.79 Å². The van der Waals surface area contributed by atoms with Crippen LogP contribution < -0.4 is 4.90 Å².